The SMILES string of the molecule is CCc1cc(CNOCCOC)n(C)n1. The lowest BCUT2D eigenvalue weighted by atomic mass is 10.3. The zero-order valence-corrected chi connectivity index (χ0v) is 9.62. The van der Waals surface area contributed by atoms with Crippen LogP contribution in [0.1, 0.15) is 18.3 Å². The molecule has 0 atom stereocenters. The molecular formula is C10H19N3O2. The lowest BCUT2D eigenvalue weighted by Crippen LogP contribution is -2.18. The molecule has 5 heteroatoms. The maximum atomic E-state index is 5.16. The number of hydrogen-bond acceptors (Lipinski definition) is 4. The van der Waals surface area contributed by atoms with Crippen molar-refractivity contribution in [2.75, 3.05) is 20.3 Å². The van der Waals surface area contributed by atoms with Gasteiger partial charge in [0.2, 0.25) is 0 Å². The Morgan fingerprint density at radius 1 is 1.47 bits per heavy atom. The molecule has 0 aliphatic carbocycles. The molecule has 1 heterocycles. The summed E-state index contributed by atoms with van der Waals surface area (Å²) in [6.45, 7) is 3.90. The quantitative estimate of drug-likeness (QED) is 0.533. The third-order valence-corrected chi connectivity index (χ3v) is 2.13. The first-order chi connectivity index (χ1) is 7.27. The zero-order valence-electron chi connectivity index (χ0n) is 9.62. The van der Waals surface area contributed by atoms with Crippen LogP contribution >= 0.6 is 0 Å². The normalized spacial score (nSPS) is 10.9. The standard InChI is InChI=1S/C10H19N3O2/c1-4-9-7-10(13(2)12-9)8-11-15-6-5-14-3/h7,11H,4-6,8H2,1-3H3. The van der Waals surface area contributed by atoms with Gasteiger partial charge in [-0.15, -0.1) is 0 Å². The number of ether oxygens (including phenoxy) is 1. The van der Waals surface area contributed by atoms with E-state index in [9.17, 15) is 0 Å². The van der Waals surface area contributed by atoms with E-state index in [0.29, 0.717) is 19.8 Å². The number of rotatable bonds is 7. The summed E-state index contributed by atoms with van der Waals surface area (Å²) in [5.41, 5.74) is 5.09. The van der Waals surface area contributed by atoms with Crippen LogP contribution in [0.2, 0.25) is 0 Å². The lowest BCUT2D eigenvalue weighted by molar-refractivity contribution is 0.00257. The highest BCUT2D eigenvalue weighted by Crippen LogP contribution is 2.02. The third-order valence-electron chi connectivity index (χ3n) is 2.13. The Morgan fingerprint density at radius 3 is 2.87 bits per heavy atom. The third kappa shape index (κ3) is 3.99. The van der Waals surface area contributed by atoms with E-state index in [1.807, 2.05) is 11.7 Å². The summed E-state index contributed by atoms with van der Waals surface area (Å²) in [6, 6.07) is 2.08. The average molecular weight is 213 g/mol. The molecule has 0 aromatic carbocycles. The molecule has 0 saturated carbocycles. The number of aryl methyl sites for hydroxylation is 2. The van der Waals surface area contributed by atoms with Crippen LogP contribution in [0.15, 0.2) is 6.07 Å². The fraction of sp³-hybridized carbons (Fsp3) is 0.700. The van der Waals surface area contributed by atoms with E-state index in [1.165, 1.54) is 0 Å². The van der Waals surface area contributed by atoms with Gasteiger partial charge in [0.05, 0.1) is 31.1 Å². The predicted octanol–water partition coefficient (Wildman–Crippen LogP) is 0.650. The van der Waals surface area contributed by atoms with E-state index < -0.39 is 0 Å². The van der Waals surface area contributed by atoms with Gasteiger partial charge in [-0.05, 0) is 12.5 Å². The minimum absolute atomic E-state index is 0.551. The maximum Gasteiger partial charge on any atom is 0.0916 e. The minimum Gasteiger partial charge on any atom is -0.382 e. The highest BCUT2D eigenvalue weighted by Gasteiger charge is 2.02. The van der Waals surface area contributed by atoms with Crippen LogP contribution in [0.5, 0.6) is 0 Å². The fourth-order valence-corrected chi connectivity index (χ4v) is 1.23. The molecule has 0 radical (unpaired) electrons. The lowest BCUT2D eigenvalue weighted by Gasteiger charge is -2.05. The second kappa shape index (κ2) is 6.55. The molecule has 1 aromatic heterocycles. The predicted molar refractivity (Wildman–Crippen MR) is 57.3 cm³/mol. The van der Waals surface area contributed by atoms with Gasteiger partial charge in [0.25, 0.3) is 0 Å². The van der Waals surface area contributed by atoms with E-state index in [4.69, 9.17) is 9.57 Å². The molecule has 0 saturated heterocycles. The van der Waals surface area contributed by atoms with Crippen LogP contribution in [0.25, 0.3) is 0 Å². The Kier molecular flexibility index (Phi) is 5.31. The molecule has 5 nitrogen and oxygen atoms in total. The number of nitrogens with zero attached hydrogens (tertiary/aromatic N) is 2. The zero-order chi connectivity index (χ0) is 11.1. The van der Waals surface area contributed by atoms with Crippen molar-refractivity contribution in [1.82, 2.24) is 15.3 Å². The van der Waals surface area contributed by atoms with Gasteiger partial charge < -0.3 is 4.74 Å². The molecule has 0 aliphatic heterocycles. The summed E-state index contributed by atoms with van der Waals surface area (Å²) in [4.78, 5) is 5.16. The van der Waals surface area contributed by atoms with Gasteiger partial charge in [-0.2, -0.15) is 10.6 Å². The van der Waals surface area contributed by atoms with Crippen molar-refractivity contribution in [1.29, 1.82) is 0 Å². The largest absolute Gasteiger partial charge is 0.382 e. The number of aromatic nitrogens is 2. The van der Waals surface area contributed by atoms with Crippen LogP contribution in [0.4, 0.5) is 0 Å². The second-order valence-electron chi connectivity index (χ2n) is 3.27. The number of hydroxylamine groups is 1. The van der Waals surface area contributed by atoms with Crippen LogP contribution in [-0.4, -0.2) is 30.1 Å². The minimum atomic E-state index is 0.551. The smallest absolute Gasteiger partial charge is 0.0916 e. The van der Waals surface area contributed by atoms with Gasteiger partial charge in [-0.1, -0.05) is 6.92 Å². The Bertz CT molecular complexity index is 286. The molecule has 0 fully saturated rings. The Morgan fingerprint density at radius 2 is 2.27 bits per heavy atom. The topological polar surface area (TPSA) is 48.3 Å². The van der Waals surface area contributed by atoms with Gasteiger partial charge >= 0.3 is 0 Å². The van der Waals surface area contributed by atoms with Crippen molar-refractivity contribution in [3.05, 3.63) is 17.5 Å². The van der Waals surface area contributed by atoms with Crippen molar-refractivity contribution in [2.45, 2.75) is 19.9 Å². The number of methoxy groups -OCH3 is 1. The number of hydrogen-bond donors (Lipinski definition) is 1. The van der Waals surface area contributed by atoms with Gasteiger partial charge in [0, 0.05) is 14.2 Å². The van der Waals surface area contributed by atoms with Crippen molar-refractivity contribution in [3.63, 3.8) is 0 Å². The Hall–Kier alpha value is -0.910. The molecule has 0 unspecified atom stereocenters. The highest BCUT2D eigenvalue weighted by molar-refractivity contribution is 5.09. The molecule has 1 N–H and O–H groups in total. The van der Waals surface area contributed by atoms with E-state index in [1.54, 1.807) is 7.11 Å². The van der Waals surface area contributed by atoms with Crippen molar-refractivity contribution < 1.29 is 9.57 Å². The van der Waals surface area contributed by atoms with Gasteiger partial charge in [0.15, 0.2) is 0 Å². The van der Waals surface area contributed by atoms with E-state index in [-0.39, 0.29) is 0 Å². The molecular weight excluding hydrogens is 194 g/mol. The average Bonchev–Trinajstić information content (AvgIpc) is 2.59. The summed E-state index contributed by atoms with van der Waals surface area (Å²) in [5, 5.41) is 4.34. The molecule has 0 amide bonds. The van der Waals surface area contributed by atoms with Crippen LogP contribution in [0, 0.1) is 0 Å². The van der Waals surface area contributed by atoms with E-state index in [2.05, 4.69) is 23.6 Å². The fourth-order valence-electron chi connectivity index (χ4n) is 1.23. The van der Waals surface area contributed by atoms with Crippen molar-refractivity contribution in [2.24, 2.45) is 7.05 Å². The molecule has 86 valence electrons. The van der Waals surface area contributed by atoms with Crippen LogP contribution < -0.4 is 5.48 Å². The first-order valence-corrected chi connectivity index (χ1v) is 5.13. The van der Waals surface area contributed by atoms with Gasteiger partial charge in [-0.3, -0.25) is 9.52 Å². The monoisotopic (exact) mass is 213 g/mol. The molecule has 1 aromatic rings. The highest BCUT2D eigenvalue weighted by atomic mass is 16.7. The maximum absolute atomic E-state index is 5.16. The molecule has 0 bridgehead atoms. The van der Waals surface area contributed by atoms with E-state index >= 15 is 0 Å². The summed E-state index contributed by atoms with van der Waals surface area (Å²) >= 11 is 0. The van der Waals surface area contributed by atoms with Gasteiger partial charge in [-0.25, -0.2) is 0 Å². The molecule has 0 spiro atoms. The number of nitrogens with one attached hydrogen (secondary N) is 1. The van der Waals surface area contributed by atoms with Crippen molar-refractivity contribution in [3.8, 4) is 0 Å². The second-order valence-corrected chi connectivity index (χ2v) is 3.27. The first-order valence-electron chi connectivity index (χ1n) is 5.13. The Balaban J connectivity index is 2.27. The summed E-state index contributed by atoms with van der Waals surface area (Å²) < 4.78 is 6.72. The van der Waals surface area contributed by atoms with Gasteiger partial charge in [0.1, 0.15) is 0 Å². The summed E-state index contributed by atoms with van der Waals surface area (Å²) in [5.74, 6) is 0. The Labute approximate surface area is 90.3 Å². The van der Waals surface area contributed by atoms with Crippen molar-refractivity contribution >= 4 is 0 Å². The molecule has 15 heavy (non-hydrogen) atoms. The van der Waals surface area contributed by atoms with E-state index in [0.717, 1.165) is 17.8 Å². The summed E-state index contributed by atoms with van der Waals surface area (Å²) in [6.07, 6.45) is 0.957. The molecule has 1 rings (SSSR count). The van der Waals surface area contributed by atoms with Crippen LogP contribution in [0.3, 0.4) is 0 Å². The molecule has 0 aliphatic rings. The first kappa shape index (κ1) is 12.2. The van der Waals surface area contributed by atoms with Crippen LogP contribution in [-0.2, 0) is 29.6 Å². The summed E-state index contributed by atoms with van der Waals surface area (Å²) in [7, 11) is 3.59.